The molecule has 1 saturated heterocycles. The molecule has 0 spiro atoms. The molecule has 2 fully saturated rings. The molecule has 0 unspecified atom stereocenters. The number of thioether (sulfide) groups is 1. The first-order valence-electron chi connectivity index (χ1n) is 5.36. The van der Waals surface area contributed by atoms with Crippen LogP contribution in [-0.4, -0.2) is 29.5 Å². The average Bonchev–Trinajstić information content (AvgIpc) is 2.99. The van der Waals surface area contributed by atoms with Crippen molar-refractivity contribution in [3.05, 3.63) is 0 Å². The molecule has 0 aromatic rings. The van der Waals surface area contributed by atoms with E-state index in [2.05, 4.69) is 5.32 Å². The fourth-order valence-corrected chi connectivity index (χ4v) is 3.08. The highest BCUT2D eigenvalue weighted by Gasteiger charge is 2.38. The van der Waals surface area contributed by atoms with Gasteiger partial charge in [-0.15, -0.1) is 0 Å². The molecule has 3 N–H and O–H groups in total. The van der Waals surface area contributed by atoms with Crippen molar-refractivity contribution in [3.63, 3.8) is 0 Å². The van der Waals surface area contributed by atoms with Gasteiger partial charge in [0.05, 0.1) is 5.54 Å². The van der Waals surface area contributed by atoms with Gasteiger partial charge in [0.25, 0.3) is 0 Å². The monoisotopic (exact) mass is 214 g/mol. The Kier molecular flexibility index (Phi) is 3.02. The second-order valence-corrected chi connectivity index (χ2v) is 5.61. The molecule has 2 rings (SSSR count). The van der Waals surface area contributed by atoms with Crippen molar-refractivity contribution in [3.8, 4) is 0 Å². The Morgan fingerprint density at radius 3 is 2.57 bits per heavy atom. The van der Waals surface area contributed by atoms with Crippen molar-refractivity contribution in [1.29, 1.82) is 0 Å². The average molecular weight is 214 g/mol. The summed E-state index contributed by atoms with van der Waals surface area (Å²) in [6, 6.07) is 0. The largest absolute Gasteiger partial charge is 0.368 e. The predicted molar refractivity (Wildman–Crippen MR) is 59.2 cm³/mol. The van der Waals surface area contributed by atoms with Crippen LogP contribution in [0.1, 0.15) is 25.7 Å². The van der Waals surface area contributed by atoms with E-state index in [4.69, 9.17) is 5.73 Å². The fourth-order valence-electron chi connectivity index (χ4n) is 1.89. The van der Waals surface area contributed by atoms with Gasteiger partial charge in [-0.05, 0) is 49.7 Å². The molecule has 1 aliphatic carbocycles. The second-order valence-electron chi connectivity index (χ2n) is 4.38. The lowest BCUT2D eigenvalue weighted by molar-refractivity contribution is -0.124. The number of primary amides is 1. The standard InChI is InChI=1S/C10H18N2OS/c11-9(13)10(3-5-14-6-4-10)12-7-8-1-2-8/h8,12H,1-7H2,(H2,11,13). The number of carbonyl (C=O) groups excluding carboxylic acids is 1. The molecule has 0 bridgehead atoms. The molecule has 4 heteroatoms. The Morgan fingerprint density at radius 2 is 2.07 bits per heavy atom. The Labute approximate surface area is 89.2 Å². The third-order valence-electron chi connectivity index (χ3n) is 3.24. The Bertz CT molecular complexity index is 222. The minimum absolute atomic E-state index is 0.154. The molecule has 0 aromatic carbocycles. The highest BCUT2D eigenvalue weighted by molar-refractivity contribution is 7.99. The van der Waals surface area contributed by atoms with Crippen LogP contribution in [0.25, 0.3) is 0 Å². The molecule has 80 valence electrons. The summed E-state index contributed by atoms with van der Waals surface area (Å²) in [5.41, 5.74) is 5.12. The molecule has 1 saturated carbocycles. The summed E-state index contributed by atoms with van der Waals surface area (Å²) < 4.78 is 0. The Hall–Kier alpha value is -0.220. The molecule has 0 aromatic heterocycles. The summed E-state index contributed by atoms with van der Waals surface area (Å²) in [6.07, 6.45) is 4.44. The van der Waals surface area contributed by atoms with Crippen LogP contribution in [0, 0.1) is 5.92 Å². The maximum Gasteiger partial charge on any atom is 0.237 e. The van der Waals surface area contributed by atoms with Crippen molar-refractivity contribution in [1.82, 2.24) is 5.32 Å². The van der Waals surface area contributed by atoms with E-state index >= 15 is 0 Å². The number of nitrogens with one attached hydrogen (secondary N) is 1. The molecule has 0 atom stereocenters. The van der Waals surface area contributed by atoms with Crippen LogP contribution in [0.4, 0.5) is 0 Å². The van der Waals surface area contributed by atoms with Gasteiger partial charge in [-0.25, -0.2) is 0 Å². The molecular formula is C10H18N2OS. The second kappa shape index (κ2) is 4.11. The van der Waals surface area contributed by atoms with E-state index in [0.717, 1.165) is 36.8 Å². The number of hydrogen-bond acceptors (Lipinski definition) is 3. The van der Waals surface area contributed by atoms with Gasteiger partial charge in [0.15, 0.2) is 0 Å². The van der Waals surface area contributed by atoms with Gasteiger partial charge in [0, 0.05) is 0 Å². The molecule has 14 heavy (non-hydrogen) atoms. The van der Waals surface area contributed by atoms with Crippen LogP contribution in [0.15, 0.2) is 0 Å². The summed E-state index contributed by atoms with van der Waals surface area (Å²) in [5.74, 6) is 2.76. The lowest BCUT2D eigenvalue weighted by Gasteiger charge is -2.35. The van der Waals surface area contributed by atoms with E-state index in [1.165, 1.54) is 12.8 Å². The SMILES string of the molecule is NC(=O)C1(NCC2CC2)CCSCC1. The van der Waals surface area contributed by atoms with Crippen LogP contribution in [0.3, 0.4) is 0 Å². The zero-order valence-corrected chi connectivity index (χ0v) is 9.24. The third kappa shape index (κ3) is 2.23. The molecule has 3 nitrogen and oxygen atoms in total. The van der Waals surface area contributed by atoms with Crippen molar-refractivity contribution >= 4 is 17.7 Å². The number of nitrogens with two attached hydrogens (primary N) is 1. The number of hydrogen-bond donors (Lipinski definition) is 2. The van der Waals surface area contributed by atoms with Crippen LogP contribution in [-0.2, 0) is 4.79 Å². The zero-order chi connectivity index (χ0) is 10.0. The molecule has 0 radical (unpaired) electrons. The Balaban J connectivity index is 1.92. The lowest BCUT2D eigenvalue weighted by atomic mass is 9.91. The van der Waals surface area contributed by atoms with Crippen LogP contribution < -0.4 is 11.1 Å². The number of amides is 1. The molecule has 1 amide bonds. The normalized spacial score (nSPS) is 26.0. The van der Waals surface area contributed by atoms with E-state index in [0.29, 0.717) is 0 Å². The van der Waals surface area contributed by atoms with E-state index in [1.807, 2.05) is 11.8 Å². The van der Waals surface area contributed by atoms with Gasteiger partial charge in [-0.3, -0.25) is 4.79 Å². The van der Waals surface area contributed by atoms with Crippen LogP contribution >= 0.6 is 11.8 Å². The highest BCUT2D eigenvalue weighted by Crippen LogP contribution is 2.31. The molecular weight excluding hydrogens is 196 g/mol. The molecule has 2 aliphatic rings. The van der Waals surface area contributed by atoms with Gasteiger partial charge in [0.2, 0.25) is 5.91 Å². The quantitative estimate of drug-likeness (QED) is 0.725. The van der Waals surface area contributed by atoms with Gasteiger partial charge in [-0.1, -0.05) is 0 Å². The zero-order valence-electron chi connectivity index (χ0n) is 8.42. The summed E-state index contributed by atoms with van der Waals surface area (Å²) in [6.45, 7) is 0.980. The summed E-state index contributed by atoms with van der Waals surface area (Å²) in [4.78, 5) is 11.5. The van der Waals surface area contributed by atoms with E-state index < -0.39 is 0 Å². The molecule has 1 heterocycles. The first-order valence-corrected chi connectivity index (χ1v) is 6.51. The Morgan fingerprint density at radius 1 is 1.43 bits per heavy atom. The van der Waals surface area contributed by atoms with Crippen molar-refractivity contribution < 1.29 is 4.79 Å². The van der Waals surface area contributed by atoms with Crippen molar-refractivity contribution in [2.24, 2.45) is 11.7 Å². The maximum absolute atomic E-state index is 11.5. The van der Waals surface area contributed by atoms with E-state index in [9.17, 15) is 4.79 Å². The minimum atomic E-state index is -0.381. The summed E-state index contributed by atoms with van der Waals surface area (Å²) >= 11 is 1.92. The fraction of sp³-hybridized carbons (Fsp3) is 0.900. The third-order valence-corrected chi connectivity index (χ3v) is 4.23. The molecule has 1 aliphatic heterocycles. The number of rotatable bonds is 4. The topological polar surface area (TPSA) is 55.1 Å². The summed E-state index contributed by atoms with van der Waals surface area (Å²) in [7, 11) is 0. The van der Waals surface area contributed by atoms with Crippen molar-refractivity contribution in [2.75, 3.05) is 18.1 Å². The predicted octanol–water partition coefficient (Wildman–Crippen LogP) is 0.737. The van der Waals surface area contributed by atoms with Gasteiger partial charge < -0.3 is 11.1 Å². The summed E-state index contributed by atoms with van der Waals surface area (Å²) in [5, 5.41) is 3.41. The van der Waals surface area contributed by atoms with Crippen LogP contribution in [0.2, 0.25) is 0 Å². The van der Waals surface area contributed by atoms with Crippen molar-refractivity contribution in [2.45, 2.75) is 31.2 Å². The van der Waals surface area contributed by atoms with Gasteiger partial charge in [-0.2, -0.15) is 11.8 Å². The lowest BCUT2D eigenvalue weighted by Crippen LogP contribution is -2.57. The van der Waals surface area contributed by atoms with E-state index in [-0.39, 0.29) is 11.4 Å². The van der Waals surface area contributed by atoms with Gasteiger partial charge in [0.1, 0.15) is 0 Å². The minimum Gasteiger partial charge on any atom is -0.368 e. The number of carbonyl (C=O) groups is 1. The first-order chi connectivity index (χ1) is 6.73. The van der Waals surface area contributed by atoms with Crippen LogP contribution in [0.5, 0.6) is 0 Å². The highest BCUT2D eigenvalue weighted by atomic mass is 32.2. The maximum atomic E-state index is 11.5. The van der Waals surface area contributed by atoms with E-state index in [1.54, 1.807) is 0 Å². The first kappa shape index (κ1) is 10.3. The van der Waals surface area contributed by atoms with Gasteiger partial charge >= 0.3 is 0 Å². The smallest absolute Gasteiger partial charge is 0.237 e.